The van der Waals surface area contributed by atoms with E-state index in [9.17, 15) is 9.59 Å². The maximum atomic E-state index is 13.0. The number of hydrogen-bond donors (Lipinski definition) is 2. The van der Waals surface area contributed by atoms with Crippen molar-refractivity contribution >= 4 is 23.2 Å². The third kappa shape index (κ3) is 3.09. The van der Waals surface area contributed by atoms with Crippen molar-refractivity contribution in [2.24, 2.45) is 0 Å². The van der Waals surface area contributed by atoms with Gasteiger partial charge in [-0.05, 0) is 18.6 Å². The number of H-pyrrole nitrogens is 1. The average Bonchev–Trinajstić information content (AvgIpc) is 3.30. The van der Waals surface area contributed by atoms with Gasteiger partial charge in [-0.3, -0.25) is 19.4 Å². The van der Waals surface area contributed by atoms with E-state index in [0.29, 0.717) is 12.2 Å². The number of anilines is 2. The number of carbonyl (C=O) groups excluding carboxylic acids is 2. The van der Waals surface area contributed by atoms with Gasteiger partial charge in [0.1, 0.15) is 12.4 Å². The minimum absolute atomic E-state index is 0.00670. The number of carbonyl (C=O) groups is 2. The molecule has 0 radical (unpaired) electrons. The first-order valence-corrected chi connectivity index (χ1v) is 8.61. The molecule has 136 valence electrons. The molecule has 1 aromatic heterocycles. The van der Waals surface area contributed by atoms with Crippen molar-refractivity contribution < 1.29 is 14.3 Å². The fourth-order valence-corrected chi connectivity index (χ4v) is 3.67. The number of fused-ring (bicyclic) bond motifs is 1. The topological polar surface area (TPSA) is 90.6 Å². The van der Waals surface area contributed by atoms with Crippen molar-refractivity contribution in [1.29, 1.82) is 0 Å². The van der Waals surface area contributed by atoms with Crippen molar-refractivity contribution in [2.75, 3.05) is 37.0 Å². The van der Waals surface area contributed by atoms with E-state index >= 15 is 0 Å². The lowest BCUT2D eigenvalue weighted by molar-refractivity contribution is -0.123. The van der Waals surface area contributed by atoms with Gasteiger partial charge in [-0.2, -0.15) is 0 Å². The second kappa shape index (κ2) is 6.89. The quantitative estimate of drug-likeness (QED) is 0.859. The van der Waals surface area contributed by atoms with Gasteiger partial charge in [0.25, 0.3) is 0 Å². The van der Waals surface area contributed by atoms with Gasteiger partial charge >= 0.3 is 0 Å². The van der Waals surface area contributed by atoms with Crippen LogP contribution in [0.15, 0.2) is 36.7 Å². The minimum Gasteiger partial charge on any atom is -0.380 e. The first kappa shape index (κ1) is 16.7. The van der Waals surface area contributed by atoms with Gasteiger partial charge in [-0.15, -0.1) is 0 Å². The Bertz CT molecular complexity index is 807. The average molecular weight is 355 g/mol. The summed E-state index contributed by atoms with van der Waals surface area (Å²) in [5.41, 5.74) is 1.39. The van der Waals surface area contributed by atoms with E-state index in [4.69, 9.17) is 4.74 Å². The number of aromatic nitrogens is 2. The zero-order valence-electron chi connectivity index (χ0n) is 14.5. The minimum atomic E-state index is -0.184. The van der Waals surface area contributed by atoms with Crippen LogP contribution in [0.25, 0.3) is 0 Å². The first-order chi connectivity index (χ1) is 12.7. The lowest BCUT2D eigenvalue weighted by atomic mass is 10.1. The summed E-state index contributed by atoms with van der Waals surface area (Å²) in [4.78, 5) is 36.1. The Morgan fingerprint density at radius 1 is 1.38 bits per heavy atom. The van der Waals surface area contributed by atoms with Gasteiger partial charge in [-0.1, -0.05) is 12.1 Å². The Hall–Kier alpha value is -2.71. The number of ether oxygens (including phenoxy) is 1. The van der Waals surface area contributed by atoms with Crippen molar-refractivity contribution in [3.8, 4) is 0 Å². The summed E-state index contributed by atoms with van der Waals surface area (Å²) in [7, 11) is 1.68. The highest BCUT2D eigenvalue weighted by atomic mass is 16.5. The molecule has 1 aromatic carbocycles. The van der Waals surface area contributed by atoms with Gasteiger partial charge in [0.2, 0.25) is 11.8 Å². The molecule has 0 bridgehead atoms. The van der Waals surface area contributed by atoms with E-state index in [2.05, 4.69) is 20.2 Å². The summed E-state index contributed by atoms with van der Waals surface area (Å²) in [6, 6.07) is 7.34. The van der Waals surface area contributed by atoms with Crippen LogP contribution < -0.4 is 10.2 Å². The summed E-state index contributed by atoms with van der Waals surface area (Å²) in [6.45, 7) is 0.880. The SMILES string of the molecule is CO[C@@H]1CC(c2ncc[nH]2)N(CC(=O)N2CC(=O)Nc3ccccc32)C1. The maximum absolute atomic E-state index is 13.0. The van der Waals surface area contributed by atoms with Crippen molar-refractivity contribution in [3.63, 3.8) is 0 Å². The molecule has 4 rings (SSSR count). The number of nitrogens with one attached hydrogen (secondary N) is 2. The van der Waals surface area contributed by atoms with Crippen molar-refractivity contribution in [1.82, 2.24) is 14.9 Å². The Labute approximate surface area is 151 Å². The Kier molecular flexibility index (Phi) is 4.44. The molecule has 2 aliphatic rings. The predicted octanol–water partition coefficient (Wildman–Crippen LogP) is 1.16. The van der Waals surface area contributed by atoms with E-state index < -0.39 is 0 Å². The fraction of sp³-hybridized carbons (Fsp3) is 0.389. The van der Waals surface area contributed by atoms with Crippen LogP contribution in [0.2, 0.25) is 0 Å². The van der Waals surface area contributed by atoms with Crippen molar-refractivity contribution in [2.45, 2.75) is 18.6 Å². The third-order valence-corrected chi connectivity index (χ3v) is 4.94. The molecule has 2 atom stereocenters. The molecule has 2 aromatic rings. The summed E-state index contributed by atoms with van der Waals surface area (Å²) in [5.74, 6) is 0.533. The number of amides is 2. The van der Waals surface area contributed by atoms with Crippen LogP contribution in [0, 0.1) is 0 Å². The third-order valence-electron chi connectivity index (χ3n) is 4.94. The molecule has 3 heterocycles. The molecule has 2 N–H and O–H groups in total. The number of aromatic amines is 1. The number of nitrogens with zero attached hydrogens (tertiary/aromatic N) is 3. The van der Waals surface area contributed by atoms with Crippen LogP contribution >= 0.6 is 0 Å². The molecule has 0 spiro atoms. The van der Waals surface area contributed by atoms with E-state index in [1.54, 1.807) is 30.5 Å². The highest BCUT2D eigenvalue weighted by molar-refractivity contribution is 6.10. The zero-order chi connectivity index (χ0) is 18.1. The molecular formula is C18H21N5O3. The predicted molar refractivity (Wildman–Crippen MR) is 95.7 cm³/mol. The van der Waals surface area contributed by atoms with Gasteiger partial charge < -0.3 is 15.0 Å². The van der Waals surface area contributed by atoms with Gasteiger partial charge in [0.15, 0.2) is 0 Å². The van der Waals surface area contributed by atoms with Crippen LogP contribution in [-0.4, -0.2) is 59.5 Å². The number of likely N-dealkylation sites (tertiary alicyclic amines) is 1. The normalized spacial score (nSPS) is 23.0. The monoisotopic (exact) mass is 355 g/mol. The lowest BCUT2D eigenvalue weighted by Crippen LogP contribution is -2.46. The second-order valence-corrected chi connectivity index (χ2v) is 6.56. The first-order valence-electron chi connectivity index (χ1n) is 8.61. The second-order valence-electron chi connectivity index (χ2n) is 6.56. The molecule has 8 heteroatoms. The molecule has 1 unspecified atom stereocenters. The number of benzene rings is 1. The standard InChI is InChI=1S/C18H21N5O3/c1-26-12-8-15(18-19-6-7-20-18)22(9-12)11-17(25)23-10-16(24)21-13-4-2-3-5-14(13)23/h2-7,12,15H,8-11H2,1H3,(H,19,20)(H,21,24)/t12-,15?/m1/s1. The van der Waals surface area contributed by atoms with Gasteiger partial charge in [-0.25, -0.2) is 4.98 Å². The summed E-state index contributed by atoms with van der Waals surface area (Å²) < 4.78 is 5.50. The fourth-order valence-electron chi connectivity index (χ4n) is 3.67. The summed E-state index contributed by atoms with van der Waals surface area (Å²) in [6.07, 6.45) is 4.31. The largest absolute Gasteiger partial charge is 0.380 e. The number of hydrogen-bond acceptors (Lipinski definition) is 5. The molecule has 1 fully saturated rings. The Morgan fingerprint density at radius 2 is 2.23 bits per heavy atom. The van der Waals surface area contributed by atoms with E-state index in [0.717, 1.165) is 17.9 Å². The molecule has 0 saturated carbocycles. The number of para-hydroxylation sites is 2. The Morgan fingerprint density at radius 3 is 3.00 bits per heavy atom. The van der Waals surface area contributed by atoms with E-state index in [1.807, 2.05) is 18.2 Å². The molecule has 26 heavy (non-hydrogen) atoms. The van der Waals surface area contributed by atoms with Crippen LogP contribution in [-0.2, 0) is 14.3 Å². The summed E-state index contributed by atoms with van der Waals surface area (Å²) >= 11 is 0. The molecule has 0 aliphatic carbocycles. The van der Waals surface area contributed by atoms with E-state index in [1.165, 1.54) is 0 Å². The number of rotatable bonds is 4. The van der Waals surface area contributed by atoms with E-state index in [-0.39, 0.29) is 37.0 Å². The number of imidazole rings is 1. The molecule has 1 saturated heterocycles. The Balaban J connectivity index is 1.55. The lowest BCUT2D eigenvalue weighted by Gasteiger charge is -2.31. The molecular weight excluding hydrogens is 334 g/mol. The summed E-state index contributed by atoms with van der Waals surface area (Å²) in [5, 5.41) is 2.80. The molecule has 2 aliphatic heterocycles. The maximum Gasteiger partial charge on any atom is 0.244 e. The van der Waals surface area contributed by atoms with Gasteiger partial charge in [0, 0.05) is 26.0 Å². The van der Waals surface area contributed by atoms with Crippen LogP contribution in [0.1, 0.15) is 18.3 Å². The van der Waals surface area contributed by atoms with Crippen LogP contribution in [0.3, 0.4) is 0 Å². The highest BCUT2D eigenvalue weighted by Crippen LogP contribution is 2.33. The molecule has 2 amide bonds. The highest BCUT2D eigenvalue weighted by Gasteiger charge is 2.37. The molecule has 8 nitrogen and oxygen atoms in total. The van der Waals surface area contributed by atoms with Crippen molar-refractivity contribution in [3.05, 3.63) is 42.5 Å². The van der Waals surface area contributed by atoms with Gasteiger partial charge in [0.05, 0.1) is 30.1 Å². The van der Waals surface area contributed by atoms with Crippen LogP contribution in [0.4, 0.5) is 11.4 Å². The smallest absolute Gasteiger partial charge is 0.244 e. The number of methoxy groups -OCH3 is 1. The van der Waals surface area contributed by atoms with Crippen LogP contribution in [0.5, 0.6) is 0 Å². The zero-order valence-corrected chi connectivity index (χ0v) is 14.5.